The fraction of sp³-hybridized carbons (Fsp3) is 0.435. The molecule has 2 aromatic carbocycles. The Morgan fingerprint density at radius 1 is 0.964 bits per heavy atom. The number of hydrogen-bond acceptors (Lipinski definition) is 3. The molecule has 4 nitrogen and oxygen atoms in total. The highest BCUT2D eigenvalue weighted by Crippen LogP contribution is 2.27. The highest BCUT2D eigenvalue weighted by Gasteiger charge is 2.27. The number of benzene rings is 2. The summed E-state index contributed by atoms with van der Waals surface area (Å²) in [7, 11) is 0. The summed E-state index contributed by atoms with van der Waals surface area (Å²) >= 11 is 0. The van der Waals surface area contributed by atoms with Crippen molar-refractivity contribution in [1.82, 2.24) is 10.2 Å². The molecule has 0 aromatic heterocycles. The van der Waals surface area contributed by atoms with Crippen molar-refractivity contribution in [3.05, 3.63) is 66.0 Å². The Hall–Kier alpha value is -2.40. The summed E-state index contributed by atoms with van der Waals surface area (Å²) in [6.45, 7) is 3.93. The third-order valence-corrected chi connectivity index (χ3v) is 5.96. The van der Waals surface area contributed by atoms with Gasteiger partial charge >= 0.3 is 0 Å². The van der Waals surface area contributed by atoms with Gasteiger partial charge in [0.15, 0.2) is 0 Å². The van der Waals surface area contributed by atoms with Crippen molar-refractivity contribution in [2.75, 3.05) is 37.6 Å². The molecule has 2 aliphatic rings. The Morgan fingerprint density at radius 2 is 1.68 bits per heavy atom. The quantitative estimate of drug-likeness (QED) is 0.862. The second kappa shape index (κ2) is 8.74. The van der Waals surface area contributed by atoms with Gasteiger partial charge in [-0.25, -0.2) is 4.39 Å². The van der Waals surface area contributed by atoms with Crippen LogP contribution in [0.5, 0.6) is 0 Å². The molecule has 4 rings (SSSR count). The number of para-hydroxylation sites is 1. The number of amides is 1. The second-order valence-corrected chi connectivity index (χ2v) is 7.91. The maximum atomic E-state index is 13.9. The first-order chi connectivity index (χ1) is 13.7. The molecule has 5 heteroatoms. The van der Waals surface area contributed by atoms with E-state index in [-0.39, 0.29) is 17.8 Å². The van der Waals surface area contributed by atoms with Crippen LogP contribution in [0.1, 0.15) is 30.7 Å². The second-order valence-electron chi connectivity index (χ2n) is 7.91. The zero-order chi connectivity index (χ0) is 19.3. The molecule has 0 unspecified atom stereocenters. The van der Waals surface area contributed by atoms with Crippen molar-refractivity contribution >= 4 is 11.6 Å². The van der Waals surface area contributed by atoms with E-state index in [0.29, 0.717) is 18.2 Å². The van der Waals surface area contributed by atoms with Crippen LogP contribution in [0.2, 0.25) is 0 Å². The molecule has 1 atom stereocenters. The van der Waals surface area contributed by atoms with Gasteiger partial charge in [-0.2, -0.15) is 0 Å². The lowest BCUT2D eigenvalue weighted by atomic mass is 9.99. The van der Waals surface area contributed by atoms with Crippen molar-refractivity contribution in [1.29, 1.82) is 0 Å². The monoisotopic (exact) mass is 381 g/mol. The molecule has 1 N–H and O–H groups in total. The van der Waals surface area contributed by atoms with E-state index in [1.165, 1.54) is 11.6 Å². The van der Waals surface area contributed by atoms with Crippen molar-refractivity contribution in [3.63, 3.8) is 0 Å². The van der Waals surface area contributed by atoms with Gasteiger partial charge in [0.2, 0.25) is 5.91 Å². The molecule has 0 radical (unpaired) electrons. The van der Waals surface area contributed by atoms with Gasteiger partial charge in [-0.05, 0) is 49.4 Å². The van der Waals surface area contributed by atoms with Gasteiger partial charge < -0.3 is 10.2 Å². The van der Waals surface area contributed by atoms with Crippen LogP contribution in [0.25, 0.3) is 0 Å². The summed E-state index contributed by atoms with van der Waals surface area (Å²) in [5.74, 6) is 0.461. The number of anilines is 1. The molecule has 28 heavy (non-hydrogen) atoms. The Labute approximate surface area is 166 Å². The number of nitrogens with zero attached hydrogens (tertiary/aromatic N) is 2. The third-order valence-electron chi connectivity index (χ3n) is 5.96. The molecule has 1 amide bonds. The molecule has 2 aromatic rings. The van der Waals surface area contributed by atoms with E-state index >= 15 is 0 Å². The Morgan fingerprint density at radius 3 is 2.43 bits per heavy atom. The highest BCUT2D eigenvalue weighted by molar-refractivity contribution is 5.78. The molecular formula is C23H28FN3O. The number of rotatable bonds is 5. The van der Waals surface area contributed by atoms with Crippen LogP contribution in [0, 0.1) is 5.82 Å². The minimum absolute atomic E-state index is 0.109. The number of piperidine rings is 1. The van der Waals surface area contributed by atoms with E-state index in [4.69, 9.17) is 0 Å². The summed E-state index contributed by atoms with van der Waals surface area (Å²) in [5, 5.41) is 3.19. The number of likely N-dealkylation sites (tertiary alicyclic amines) is 1. The molecule has 0 spiro atoms. The van der Waals surface area contributed by atoms with Gasteiger partial charge in [0, 0.05) is 25.7 Å². The average Bonchev–Trinajstić information content (AvgIpc) is 3.18. The van der Waals surface area contributed by atoms with Gasteiger partial charge in [0.1, 0.15) is 5.82 Å². The van der Waals surface area contributed by atoms with Crippen LogP contribution in [-0.4, -0.2) is 49.6 Å². The molecule has 148 valence electrons. The zero-order valence-corrected chi connectivity index (χ0v) is 16.2. The molecular weight excluding hydrogens is 353 g/mol. The molecule has 2 heterocycles. The lowest BCUT2D eigenvalue weighted by molar-refractivity contribution is -0.122. The maximum Gasteiger partial charge on any atom is 0.234 e. The number of hydrogen-bond donors (Lipinski definition) is 1. The fourth-order valence-electron chi connectivity index (χ4n) is 4.42. The van der Waals surface area contributed by atoms with Gasteiger partial charge in [-0.3, -0.25) is 9.69 Å². The summed E-state index contributed by atoms with van der Waals surface area (Å²) in [6.07, 6.45) is 2.82. The van der Waals surface area contributed by atoms with Crippen LogP contribution >= 0.6 is 0 Å². The molecule has 0 saturated carbocycles. The number of nitrogens with one attached hydrogen (secondary N) is 1. The first-order valence-corrected chi connectivity index (χ1v) is 10.2. The normalized spacial score (nSPS) is 21.0. The Bertz CT molecular complexity index is 789. The summed E-state index contributed by atoms with van der Waals surface area (Å²) in [4.78, 5) is 16.8. The zero-order valence-electron chi connectivity index (χ0n) is 16.2. The Kier molecular flexibility index (Phi) is 5.91. The molecule has 2 fully saturated rings. The predicted octanol–water partition coefficient (Wildman–Crippen LogP) is 3.40. The summed E-state index contributed by atoms with van der Waals surface area (Å²) < 4.78 is 13.9. The van der Waals surface area contributed by atoms with Gasteiger partial charge in [-0.15, -0.1) is 0 Å². The van der Waals surface area contributed by atoms with Gasteiger partial charge in [0.05, 0.1) is 12.2 Å². The minimum Gasteiger partial charge on any atom is -0.369 e. The van der Waals surface area contributed by atoms with E-state index in [1.807, 2.05) is 18.2 Å². The fourth-order valence-corrected chi connectivity index (χ4v) is 4.42. The van der Waals surface area contributed by atoms with Crippen molar-refractivity contribution in [2.45, 2.75) is 31.2 Å². The van der Waals surface area contributed by atoms with Crippen LogP contribution in [0.4, 0.5) is 10.1 Å². The van der Waals surface area contributed by atoms with Crippen molar-refractivity contribution in [2.24, 2.45) is 0 Å². The van der Waals surface area contributed by atoms with E-state index < -0.39 is 0 Å². The van der Waals surface area contributed by atoms with Crippen LogP contribution < -0.4 is 10.2 Å². The molecule has 0 aliphatic carbocycles. The van der Waals surface area contributed by atoms with E-state index in [0.717, 1.165) is 45.4 Å². The lowest BCUT2D eigenvalue weighted by Gasteiger charge is -2.34. The SMILES string of the molecule is O=C(CN1CC[C@H](c2ccccc2)C1)NC1CCN(c2ccccc2F)CC1. The third kappa shape index (κ3) is 4.53. The van der Waals surface area contributed by atoms with Crippen LogP contribution in [0.3, 0.4) is 0 Å². The standard InChI is InChI=1S/C23H28FN3O/c24-21-8-4-5-9-22(21)27-14-11-20(12-15-27)25-23(28)17-26-13-10-19(16-26)18-6-2-1-3-7-18/h1-9,19-20H,10-17H2,(H,25,28)/t19-/m0/s1. The summed E-state index contributed by atoms with van der Waals surface area (Å²) in [5.41, 5.74) is 2.03. The first kappa shape index (κ1) is 18.9. The number of carbonyl (C=O) groups is 1. The van der Waals surface area contributed by atoms with Crippen LogP contribution in [-0.2, 0) is 4.79 Å². The molecule has 2 aliphatic heterocycles. The topological polar surface area (TPSA) is 35.6 Å². The maximum absolute atomic E-state index is 13.9. The molecule has 2 saturated heterocycles. The van der Waals surface area contributed by atoms with E-state index in [9.17, 15) is 9.18 Å². The van der Waals surface area contributed by atoms with E-state index in [1.54, 1.807) is 6.07 Å². The summed E-state index contributed by atoms with van der Waals surface area (Å²) in [6, 6.07) is 17.7. The first-order valence-electron chi connectivity index (χ1n) is 10.2. The highest BCUT2D eigenvalue weighted by atomic mass is 19.1. The lowest BCUT2D eigenvalue weighted by Crippen LogP contribution is -2.47. The Balaban J connectivity index is 1.22. The van der Waals surface area contributed by atoms with Crippen molar-refractivity contribution < 1.29 is 9.18 Å². The number of carbonyl (C=O) groups excluding carboxylic acids is 1. The molecule has 0 bridgehead atoms. The van der Waals surface area contributed by atoms with Crippen molar-refractivity contribution in [3.8, 4) is 0 Å². The van der Waals surface area contributed by atoms with E-state index in [2.05, 4.69) is 39.4 Å². The predicted molar refractivity (Wildman–Crippen MR) is 110 cm³/mol. The van der Waals surface area contributed by atoms with Gasteiger partial charge in [0.25, 0.3) is 0 Å². The smallest absolute Gasteiger partial charge is 0.234 e. The largest absolute Gasteiger partial charge is 0.369 e. The van der Waals surface area contributed by atoms with Gasteiger partial charge in [-0.1, -0.05) is 42.5 Å². The minimum atomic E-state index is -0.174. The number of halogens is 1. The average molecular weight is 381 g/mol. The van der Waals surface area contributed by atoms with Crippen LogP contribution in [0.15, 0.2) is 54.6 Å².